The number of aliphatic carboxylic acids is 4. The van der Waals surface area contributed by atoms with Gasteiger partial charge >= 0.3 is 29.8 Å². The lowest BCUT2D eigenvalue weighted by atomic mass is 10.1. The van der Waals surface area contributed by atoms with E-state index in [1.54, 1.807) is 25.7 Å². The fraction of sp³-hybridized carbons (Fsp3) is 0.560. The van der Waals surface area contributed by atoms with Crippen LogP contribution in [0.15, 0.2) is 18.2 Å². The zero-order chi connectivity index (χ0) is 30.5. The Balaban J connectivity index is 2.21. The van der Waals surface area contributed by atoms with Crippen LogP contribution in [0, 0.1) is 0 Å². The van der Waals surface area contributed by atoms with Crippen molar-refractivity contribution in [2.75, 3.05) is 72.0 Å². The summed E-state index contributed by atoms with van der Waals surface area (Å²) in [5.41, 5.74) is 0. The highest BCUT2D eigenvalue weighted by atomic mass is 35.5. The highest BCUT2D eigenvalue weighted by Crippen LogP contribution is 2.32. The van der Waals surface area contributed by atoms with Crippen LogP contribution in [-0.4, -0.2) is 148 Å². The van der Waals surface area contributed by atoms with Gasteiger partial charge in [0.25, 0.3) is 0 Å². The first-order chi connectivity index (χ1) is 19.3. The molecule has 1 fully saturated rings. The zero-order valence-electron chi connectivity index (χ0n) is 22.3. The van der Waals surface area contributed by atoms with Gasteiger partial charge in [0.1, 0.15) is 6.04 Å². The molecule has 0 spiro atoms. The average Bonchev–Trinajstić information content (AvgIpc) is 2.86. The van der Waals surface area contributed by atoms with Gasteiger partial charge in [-0.05, 0) is 18.6 Å². The Morgan fingerprint density at radius 3 is 1.46 bits per heavy atom. The molecule has 228 valence electrons. The summed E-state index contributed by atoms with van der Waals surface area (Å²) in [7, 11) is 0. The summed E-state index contributed by atoms with van der Waals surface area (Å²) in [6, 6.07) is 3.37. The van der Waals surface area contributed by atoms with Crippen molar-refractivity contribution < 1.29 is 49.1 Å². The van der Waals surface area contributed by atoms with Crippen molar-refractivity contribution in [1.29, 1.82) is 0 Å². The van der Waals surface area contributed by atoms with Crippen LogP contribution in [0.4, 0.5) is 0 Å². The van der Waals surface area contributed by atoms with Gasteiger partial charge in [-0.1, -0.05) is 29.3 Å². The van der Waals surface area contributed by atoms with E-state index in [0.717, 1.165) is 0 Å². The molecular weight excluding hydrogens is 587 g/mol. The van der Waals surface area contributed by atoms with Crippen molar-refractivity contribution in [3.8, 4) is 5.75 Å². The summed E-state index contributed by atoms with van der Waals surface area (Å²) in [6.07, 6.45) is -0.447. The number of benzene rings is 1. The lowest BCUT2D eigenvalue weighted by Crippen LogP contribution is -2.52. The van der Waals surface area contributed by atoms with Crippen molar-refractivity contribution in [1.82, 2.24) is 19.6 Å². The molecule has 0 aliphatic carbocycles. The van der Waals surface area contributed by atoms with Crippen LogP contribution in [0.3, 0.4) is 0 Å². The Bertz CT molecular complexity index is 1040. The summed E-state index contributed by atoms with van der Waals surface area (Å²) < 4.78 is 5.26. The van der Waals surface area contributed by atoms with E-state index < -0.39 is 35.9 Å². The zero-order valence-corrected chi connectivity index (χ0v) is 23.8. The van der Waals surface area contributed by atoms with Crippen molar-refractivity contribution in [3.05, 3.63) is 28.2 Å². The average molecular weight is 621 g/mol. The molecule has 4 N–H and O–H groups in total. The number of hydrogen-bond acceptors (Lipinski definition) is 10. The van der Waals surface area contributed by atoms with E-state index in [1.165, 1.54) is 12.1 Å². The predicted molar refractivity (Wildman–Crippen MR) is 147 cm³/mol. The van der Waals surface area contributed by atoms with Gasteiger partial charge in [-0.15, -0.1) is 0 Å². The Morgan fingerprint density at radius 2 is 1.10 bits per heavy atom. The molecule has 0 amide bonds. The van der Waals surface area contributed by atoms with E-state index in [0.29, 0.717) is 0 Å². The molecule has 16 heteroatoms. The fourth-order valence-corrected chi connectivity index (χ4v) is 4.85. The largest absolute Gasteiger partial charge is 0.480 e. The highest BCUT2D eigenvalue weighted by molar-refractivity contribution is 6.37. The molecule has 0 saturated carbocycles. The van der Waals surface area contributed by atoms with Gasteiger partial charge in [-0.3, -0.25) is 43.6 Å². The second-order valence-electron chi connectivity index (χ2n) is 9.46. The van der Waals surface area contributed by atoms with Crippen LogP contribution < -0.4 is 4.74 Å². The molecule has 1 aromatic rings. The Morgan fingerprint density at radius 1 is 0.707 bits per heavy atom. The number of carboxylic acids is 4. The molecule has 1 heterocycles. The minimum absolute atomic E-state index is 0.0374. The molecule has 1 aromatic carbocycles. The van der Waals surface area contributed by atoms with E-state index in [1.807, 2.05) is 0 Å². The molecule has 1 atom stereocenters. The lowest BCUT2D eigenvalue weighted by Gasteiger charge is -2.35. The third-order valence-corrected chi connectivity index (χ3v) is 7.03. The van der Waals surface area contributed by atoms with Crippen molar-refractivity contribution in [3.63, 3.8) is 0 Å². The number of esters is 1. The fourth-order valence-electron chi connectivity index (χ4n) is 4.37. The molecule has 0 aromatic heterocycles. The van der Waals surface area contributed by atoms with Crippen LogP contribution >= 0.6 is 23.2 Å². The molecule has 1 aliphatic heterocycles. The molecule has 1 saturated heterocycles. The Kier molecular flexibility index (Phi) is 14.2. The standard InChI is InChI=1S/C25H34Cl2N4O10/c26-17-2-1-3-18(27)24(17)41-23(38)5-4-19(25(39)40)31-12-10-29(15-21(34)35)8-6-28(14-20(32)33)7-9-30(11-13-31)16-22(36)37/h1-3,19H,4-16H2,(H,32,33)(H,34,35)(H,36,37)(H,39,40). The molecular formula is C25H34Cl2N4O10. The summed E-state index contributed by atoms with van der Waals surface area (Å²) in [4.78, 5) is 65.4. The molecule has 2 rings (SSSR count). The lowest BCUT2D eigenvalue weighted by molar-refractivity contribution is -0.145. The number of hydrogen-bond donors (Lipinski definition) is 4. The molecule has 1 unspecified atom stereocenters. The third-order valence-electron chi connectivity index (χ3n) is 6.43. The molecule has 1 aliphatic rings. The molecule has 0 radical (unpaired) electrons. The second kappa shape index (κ2) is 17.1. The summed E-state index contributed by atoms with van der Waals surface area (Å²) >= 11 is 12.1. The minimum atomic E-state index is -1.22. The smallest absolute Gasteiger partial charge is 0.320 e. The van der Waals surface area contributed by atoms with Gasteiger partial charge < -0.3 is 25.2 Å². The van der Waals surface area contributed by atoms with E-state index in [2.05, 4.69) is 0 Å². The van der Waals surface area contributed by atoms with Gasteiger partial charge in [0.15, 0.2) is 5.75 Å². The number of carbonyl (C=O) groups is 5. The molecule has 0 bridgehead atoms. The number of carboxylic acid groups (broad SMARTS) is 4. The van der Waals surface area contributed by atoms with Crippen molar-refractivity contribution >= 4 is 53.0 Å². The number of ether oxygens (including phenoxy) is 1. The number of nitrogens with zero attached hydrogens (tertiary/aromatic N) is 4. The first-order valence-corrected chi connectivity index (χ1v) is 13.5. The van der Waals surface area contributed by atoms with Gasteiger partial charge in [-0.2, -0.15) is 0 Å². The SMILES string of the molecule is O=C(O)CN1CCN(CC(=O)O)CCN(C(CCC(=O)Oc2c(Cl)cccc2Cl)C(=O)O)CCN(CC(=O)O)CC1. The maximum absolute atomic E-state index is 12.5. The Labute approximate surface area is 246 Å². The first-order valence-electron chi connectivity index (χ1n) is 12.8. The van der Waals surface area contributed by atoms with Crippen LogP contribution in [-0.2, 0) is 24.0 Å². The second-order valence-corrected chi connectivity index (χ2v) is 10.3. The molecule has 41 heavy (non-hydrogen) atoms. The summed E-state index contributed by atoms with van der Waals surface area (Å²) in [5.74, 6) is -5.28. The number of para-hydroxylation sites is 1. The Hall–Kier alpha value is -3.01. The molecule has 14 nitrogen and oxygen atoms in total. The topological polar surface area (TPSA) is 188 Å². The summed E-state index contributed by atoms with van der Waals surface area (Å²) in [5, 5.41) is 38.2. The van der Waals surface area contributed by atoms with Crippen molar-refractivity contribution in [2.24, 2.45) is 0 Å². The summed E-state index contributed by atoms with van der Waals surface area (Å²) in [6.45, 7) is 0.258. The number of halogens is 2. The van der Waals surface area contributed by atoms with E-state index in [9.17, 15) is 44.4 Å². The monoisotopic (exact) mass is 620 g/mol. The first kappa shape index (κ1) is 34.2. The maximum Gasteiger partial charge on any atom is 0.320 e. The van der Waals surface area contributed by atoms with Gasteiger partial charge in [0.05, 0.1) is 29.7 Å². The quantitative estimate of drug-likeness (QED) is 0.188. The van der Waals surface area contributed by atoms with Crippen LogP contribution in [0.5, 0.6) is 5.75 Å². The predicted octanol–water partition coefficient (Wildman–Crippen LogP) is 0.608. The van der Waals surface area contributed by atoms with Gasteiger partial charge in [0, 0.05) is 58.8 Å². The number of carbonyl (C=O) groups excluding carboxylic acids is 1. The highest BCUT2D eigenvalue weighted by Gasteiger charge is 2.29. The van der Waals surface area contributed by atoms with E-state index in [-0.39, 0.29) is 101 Å². The minimum Gasteiger partial charge on any atom is -0.480 e. The van der Waals surface area contributed by atoms with Gasteiger partial charge in [0.2, 0.25) is 0 Å². The van der Waals surface area contributed by atoms with Crippen LogP contribution in [0.2, 0.25) is 10.0 Å². The van der Waals surface area contributed by atoms with E-state index >= 15 is 0 Å². The normalized spacial score (nSPS) is 17.6. The van der Waals surface area contributed by atoms with Crippen LogP contribution in [0.25, 0.3) is 0 Å². The van der Waals surface area contributed by atoms with Crippen molar-refractivity contribution in [2.45, 2.75) is 18.9 Å². The van der Waals surface area contributed by atoms with Gasteiger partial charge in [-0.25, -0.2) is 0 Å². The van der Waals surface area contributed by atoms with Crippen LogP contribution in [0.1, 0.15) is 12.8 Å². The third kappa shape index (κ3) is 12.6. The maximum atomic E-state index is 12.5. The number of rotatable bonds is 12. The van der Waals surface area contributed by atoms with E-state index in [4.69, 9.17) is 27.9 Å².